The number of rotatable bonds is 6. The Kier molecular flexibility index (Phi) is 5.82. The van der Waals surface area contributed by atoms with Gasteiger partial charge in [-0.15, -0.1) is 23.1 Å². The molecular formula is C26H25N3O2S2. The summed E-state index contributed by atoms with van der Waals surface area (Å²) in [5, 5.41) is 4.81. The summed E-state index contributed by atoms with van der Waals surface area (Å²) in [5.74, 6) is 4.16. The Hall–Kier alpha value is -2.77. The average Bonchev–Trinajstić information content (AvgIpc) is 3.25. The topological polar surface area (TPSA) is 56.3 Å². The summed E-state index contributed by atoms with van der Waals surface area (Å²) in [6.45, 7) is 1.16. The number of benzene rings is 2. The van der Waals surface area contributed by atoms with Crippen LogP contribution in [0.4, 0.5) is 5.82 Å². The zero-order valence-electron chi connectivity index (χ0n) is 18.3. The summed E-state index contributed by atoms with van der Waals surface area (Å²) >= 11 is 3.62. The van der Waals surface area contributed by atoms with Crippen molar-refractivity contribution in [3.63, 3.8) is 0 Å². The van der Waals surface area contributed by atoms with E-state index in [0.717, 1.165) is 46.6 Å². The molecule has 0 saturated heterocycles. The molecule has 1 N–H and O–H groups in total. The molecule has 0 radical (unpaired) electrons. The normalized spacial score (nSPS) is 17.0. The lowest BCUT2D eigenvalue weighted by atomic mass is 9.97. The second kappa shape index (κ2) is 9.23. The first kappa shape index (κ1) is 20.8. The van der Waals surface area contributed by atoms with Crippen molar-refractivity contribution in [3.8, 4) is 11.5 Å². The van der Waals surface area contributed by atoms with Gasteiger partial charge in [0.25, 0.3) is 0 Å². The summed E-state index contributed by atoms with van der Waals surface area (Å²) < 4.78 is 12.1. The molecule has 1 atom stereocenters. The number of ether oxygens (including phenoxy) is 2. The molecule has 2 aromatic carbocycles. The number of thioether (sulfide) groups is 1. The molecule has 1 aliphatic carbocycles. The number of anilines is 1. The van der Waals surface area contributed by atoms with Crippen molar-refractivity contribution in [1.82, 2.24) is 9.97 Å². The van der Waals surface area contributed by atoms with Crippen molar-refractivity contribution in [2.24, 2.45) is 0 Å². The third kappa shape index (κ3) is 4.39. The summed E-state index contributed by atoms with van der Waals surface area (Å²) in [6, 6.07) is 18.3. The van der Waals surface area contributed by atoms with E-state index in [1.165, 1.54) is 33.6 Å². The van der Waals surface area contributed by atoms with Gasteiger partial charge < -0.3 is 14.8 Å². The van der Waals surface area contributed by atoms with Gasteiger partial charge in [-0.3, -0.25) is 0 Å². The molecule has 7 heteroatoms. The number of hydrogen-bond donors (Lipinski definition) is 1. The van der Waals surface area contributed by atoms with Crippen molar-refractivity contribution in [2.75, 3.05) is 18.5 Å². The molecule has 2 aliphatic rings. The summed E-state index contributed by atoms with van der Waals surface area (Å²) in [4.78, 5) is 13.8. The Labute approximate surface area is 201 Å². The van der Waals surface area contributed by atoms with E-state index in [2.05, 4.69) is 29.6 Å². The van der Waals surface area contributed by atoms with Gasteiger partial charge in [-0.05, 0) is 55.5 Å². The minimum atomic E-state index is -0.0680. The van der Waals surface area contributed by atoms with Crippen LogP contribution in [0.1, 0.15) is 29.1 Å². The molecule has 0 saturated carbocycles. The van der Waals surface area contributed by atoms with E-state index in [1.54, 1.807) is 11.8 Å². The Morgan fingerprint density at radius 3 is 2.70 bits per heavy atom. The van der Waals surface area contributed by atoms with Crippen LogP contribution in [-0.2, 0) is 18.6 Å². The smallest absolute Gasteiger partial charge is 0.161 e. The van der Waals surface area contributed by atoms with Crippen LogP contribution >= 0.6 is 23.1 Å². The predicted molar refractivity (Wildman–Crippen MR) is 135 cm³/mol. The first-order valence-electron chi connectivity index (χ1n) is 11.4. The maximum Gasteiger partial charge on any atom is 0.161 e. The number of para-hydroxylation sites is 2. The lowest BCUT2D eigenvalue weighted by Crippen LogP contribution is -2.35. The molecular weight excluding hydrogens is 450 g/mol. The van der Waals surface area contributed by atoms with Crippen molar-refractivity contribution in [3.05, 3.63) is 70.9 Å². The molecule has 6 rings (SSSR count). The minimum absolute atomic E-state index is 0.0680. The monoisotopic (exact) mass is 475 g/mol. The fourth-order valence-electron chi connectivity index (χ4n) is 4.43. The summed E-state index contributed by atoms with van der Waals surface area (Å²) in [5.41, 5.74) is 1.44. The molecule has 0 amide bonds. The van der Waals surface area contributed by atoms with Crippen LogP contribution in [-0.4, -0.2) is 29.2 Å². The van der Waals surface area contributed by atoms with E-state index in [9.17, 15) is 0 Å². The molecule has 4 aromatic rings. The van der Waals surface area contributed by atoms with Crippen molar-refractivity contribution < 1.29 is 9.47 Å². The first-order valence-corrected chi connectivity index (χ1v) is 13.2. The maximum absolute atomic E-state index is 6.16. The van der Waals surface area contributed by atoms with Crippen molar-refractivity contribution in [1.29, 1.82) is 0 Å². The highest BCUT2D eigenvalue weighted by atomic mass is 32.2. The number of nitrogens with zero attached hydrogens (tertiary/aromatic N) is 2. The summed E-state index contributed by atoms with van der Waals surface area (Å²) in [6.07, 6.45) is 4.70. The van der Waals surface area contributed by atoms with E-state index in [-0.39, 0.29) is 6.10 Å². The Bertz CT molecular complexity index is 1280. The van der Waals surface area contributed by atoms with E-state index in [1.807, 2.05) is 41.7 Å². The van der Waals surface area contributed by atoms with Gasteiger partial charge in [-0.2, -0.15) is 0 Å². The van der Waals surface area contributed by atoms with Crippen LogP contribution in [0.15, 0.2) is 59.5 Å². The van der Waals surface area contributed by atoms with Crippen molar-refractivity contribution in [2.45, 2.75) is 42.4 Å². The minimum Gasteiger partial charge on any atom is -0.486 e. The van der Waals surface area contributed by atoms with Gasteiger partial charge in [0.2, 0.25) is 0 Å². The number of aromatic nitrogens is 2. The molecule has 168 valence electrons. The number of hydrogen-bond acceptors (Lipinski definition) is 7. The van der Waals surface area contributed by atoms with E-state index < -0.39 is 0 Å². The van der Waals surface area contributed by atoms with Crippen LogP contribution in [0.25, 0.3) is 10.2 Å². The van der Waals surface area contributed by atoms with Crippen LogP contribution in [0, 0.1) is 0 Å². The van der Waals surface area contributed by atoms with Crippen LogP contribution in [0.5, 0.6) is 11.5 Å². The molecule has 3 heterocycles. The zero-order valence-corrected chi connectivity index (χ0v) is 19.9. The quantitative estimate of drug-likeness (QED) is 0.339. The maximum atomic E-state index is 6.16. The van der Waals surface area contributed by atoms with E-state index in [0.29, 0.717) is 13.2 Å². The van der Waals surface area contributed by atoms with E-state index >= 15 is 0 Å². The van der Waals surface area contributed by atoms with E-state index in [4.69, 9.17) is 19.4 Å². The second-order valence-electron chi connectivity index (χ2n) is 8.36. The highest BCUT2D eigenvalue weighted by Gasteiger charge is 2.24. The fraction of sp³-hybridized carbons (Fsp3) is 0.308. The molecule has 33 heavy (non-hydrogen) atoms. The fourth-order valence-corrected chi connectivity index (χ4v) is 6.49. The number of fused-ring (bicyclic) bond motifs is 4. The molecule has 5 nitrogen and oxygen atoms in total. The predicted octanol–water partition coefficient (Wildman–Crippen LogP) is 6.11. The molecule has 0 fully saturated rings. The van der Waals surface area contributed by atoms with Crippen LogP contribution < -0.4 is 14.8 Å². The van der Waals surface area contributed by atoms with Crippen molar-refractivity contribution >= 4 is 39.1 Å². The second-order valence-corrected chi connectivity index (χ2v) is 10.5. The average molecular weight is 476 g/mol. The molecule has 1 aliphatic heterocycles. The Morgan fingerprint density at radius 2 is 1.79 bits per heavy atom. The van der Waals surface area contributed by atoms with Gasteiger partial charge in [0, 0.05) is 9.77 Å². The largest absolute Gasteiger partial charge is 0.486 e. The van der Waals surface area contributed by atoms with Gasteiger partial charge >= 0.3 is 0 Å². The first-order chi connectivity index (χ1) is 16.3. The number of nitrogens with one attached hydrogen (secondary N) is 1. The number of aryl methyl sites for hydroxylation is 2. The standard InChI is InChI=1S/C26H25N3O2S2/c1-2-8-18(9-3-1)32-16-23-28-25(24-19-10-4-7-13-22(19)33-26(24)29-23)27-14-17-15-30-20-11-5-6-12-21(20)31-17/h1-3,5-6,8-9,11-12,17H,4,7,10,13-16H2,(H,27,28,29)/t17-/m1/s1. The molecule has 0 bridgehead atoms. The third-order valence-electron chi connectivity index (χ3n) is 6.04. The highest BCUT2D eigenvalue weighted by Crippen LogP contribution is 2.39. The molecule has 0 spiro atoms. The molecule has 0 unspecified atom stereocenters. The van der Waals surface area contributed by atoms with Crippen LogP contribution in [0.2, 0.25) is 0 Å². The van der Waals surface area contributed by atoms with Gasteiger partial charge in [-0.1, -0.05) is 30.3 Å². The zero-order chi connectivity index (χ0) is 22.0. The Balaban J connectivity index is 1.26. The molecule has 2 aromatic heterocycles. The summed E-state index contributed by atoms with van der Waals surface area (Å²) in [7, 11) is 0. The lowest BCUT2D eigenvalue weighted by Gasteiger charge is -2.26. The van der Waals surface area contributed by atoms with Gasteiger partial charge in [0.1, 0.15) is 29.2 Å². The third-order valence-corrected chi connectivity index (χ3v) is 8.23. The van der Waals surface area contributed by atoms with Gasteiger partial charge in [0.15, 0.2) is 11.5 Å². The van der Waals surface area contributed by atoms with Gasteiger partial charge in [-0.25, -0.2) is 9.97 Å². The van der Waals surface area contributed by atoms with Gasteiger partial charge in [0.05, 0.1) is 17.7 Å². The van der Waals surface area contributed by atoms with Crippen LogP contribution in [0.3, 0.4) is 0 Å². The highest BCUT2D eigenvalue weighted by molar-refractivity contribution is 7.98. The Morgan fingerprint density at radius 1 is 0.970 bits per heavy atom. The SMILES string of the molecule is c1ccc(SCc2nc(NC[C@@H]3COc4ccccc4O3)c3c4c(sc3n2)CCCC4)cc1. The number of thiophene rings is 1. The lowest BCUT2D eigenvalue weighted by molar-refractivity contribution is 0.0997.